The van der Waals surface area contributed by atoms with Gasteiger partial charge in [0.15, 0.2) is 69.8 Å². The lowest BCUT2D eigenvalue weighted by Crippen LogP contribution is -2.24. The summed E-state index contributed by atoms with van der Waals surface area (Å²) in [5.41, 5.74) is -3.95. The first kappa shape index (κ1) is 34.6. The third-order valence-corrected chi connectivity index (χ3v) is 11.4. The van der Waals surface area contributed by atoms with Gasteiger partial charge in [-0.1, -0.05) is 36.6 Å². The summed E-state index contributed by atoms with van der Waals surface area (Å²) < 4.78 is 211. The van der Waals surface area contributed by atoms with Crippen molar-refractivity contribution in [2.45, 2.75) is 54.4 Å². The molecule has 0 radical (unpaired) electrons. The van der Waals surface area contributed by atoms with E-state index in [1.807, 2.05) is 0 Å². The molecule has 3 unspecified atom stereocenters. The van der Waals surface area contributed by atoms with Gasteiger partial charge in [-0.05, 0) is 17.8 Å². The molecule has 0 bridgehead atoms. The topological polar surface area (TPSA) is 0 Å². The van der Waals surface area contributed by atoms with Crippen LogP contribution in [0.5, 0.6) is 0 Å². The molecule has 234 valence electrons. The van der Waals surface area contributed by atoms with Crippen molar-refractivity contribution in [1.82, 2.24) is 0 Å². The molecule has 0 heterocycles. The van der Waals surface area contributed by atoms with Gasteiger partial charge in [-0.2, -0.15) is 0 Å². The molecular formula is C27H18AlF15. The quantitative estimate of drug-likeness (QED) is 0.0933. The van der Waals surface area contributed by atoms with Crippen molar-refractivity contribution < 1.29 is 65.9 Å². The average molecular weight is 654 g/mol. The molecule has 43 heavy (non-hydrogen) atoms. The molecule has 0 aliphatic carbocycles. The summed E-state index contributed by atoms with van der Waals surface area (Å²) in [4.78, 5) is 0. The fourth-order valence-corrected chi connectivity index (χ4v) is 9.59. The first-order valence-electron chi connectivity index (χ1n) is 12.4. The number of rotatable bonds is 9. The fraction of sp³-hybridized carbons (Fsp3) is 0.333. The van der Waals surface area contributed by atoms with Crippen molar-refractivity contribution >= 4 is 14.1 Å². The van der Waals surface area contributed by atoms with Crippen LogP contribution in [-0.2, 0) is 0 Å². The minimum absolute atomic E-state index is 0.572. The van der Waals surface area contributed by atoms with E-state index in [1.54, 1.807) is 0 Å². The number of halogens is 15. The Morgan fingerprint density at radius 1 is 0.302 bits per heavy atom. The minimum atomic E-state index is -3.19. The molecule has 0 spiro atoms. The van der Waals surface area contributed by atoms with E-state index in [2.05, 4.69) is 0 Å². The van der Waals surface area contributed by atoms with E-state index >= 15 is 0 Å². The molecule has 3 aromatic rings. The first-order chi connectivity index (χ1) is 19.8. The van der Waals surface area contributed by atoms with E-state index < -0.39 is 152 Å². The highest BCUT2D eigenvalue weighted by Crippen LogP contribution is 2.40. The van der Waals surface area contributed by atoms with Gasteiger partial charge in [0.1, 0.15) is 0 Å². The Hall–Kier alpha value is -2.86. The van der Waals surface area contributed by atoms with Crippen molar-refractivity contribution in [2.75, 3.05) is 0 Å². The van der Waals surface area contributed by atoms with Gasteiger partial charge in [-0.25, -0.2) is 65.9 Å². The highest BCUT2D eigenvalue weighted by Gasteiger charge is 2.37. The second-order valence-corrected chi connectivity index (χ2v) is 13.4. The summed E-state index contributed by atoms with van der Waals surface area (Å²) >= 11 is -3.19. The molecule has 0 saturated heterocycles. The van der Waals surface area contributed by atoms with E-state index in [9.17, 15) is 65.9 Å². The fourth-order valence-electron chi connectivity index (χ4n) is 5.31. The van der Waals surface area contributed by atoms with Gasteiger partial charge < -0.3 is 0 Å². The lowest BCUT2D eigenvalue weighted by molar-refractivity contribution is 0.365. The summed E-state index contributed by atoms with van der Waals surface area (Å²) in [5, 5.41) is -1.71. The number of benzene rings is 3. The molecule has 0 saturated carbocycles. The maximum atomic E-state index is 14.5. The Morgan fingerprint density at radius 3 is 0.605 bits per heavy atom. The second kappa shape index (κ2) is 13.0. The zero-order valence-electron chi connectivity index (χ0n) is 22.1. The molecule has 3 aromatic carbocycles. The van der Waals surface area contributed by atoms with Crippen LogP contribution < -0.4 is 0 Å². The molecule has 0 aliphatic heterocycles. The van der Waals surface area contributed by atoms with Crippen LogP contribution in [0.3, 0.4) is 0 Å². The molecular weight excluding hydrogens is 636 g/mol. The predicted octanol–water partition coefficient (Wildman–Crippen LogP) is 9.98. The first-order valence-corrected chi connectivity index (χ1v) is 14.8. The Bertz CT molecular complexity index is 1300. The molecule has 0 fully saturated rings. The van der Waals surface area contributed by atoms with E-state index in [1.165, 1.54) is 0 Å². The molecule has 3 rings (SSSR count). The standard InChI is InChI=1S/3C9H6F5.Al/c3*1-3(2)4-5(10)7(12)9(14)8(13)6(4)11;/h3*3H,1H2,2H3;. The van der Waals surface area contributed by atoms with Crippen LogP contribution in [-0.4, -0.2) is 14.1 Å². The van der Waals surface area contributed by atoms with Crippen LogP contribution in [0.4, 0.5) is 65.9 Å². The van der Waals surface area contributed by atoms with Crippen LogP contribution in [0, 0.1) is 87.3 Å². The van der Waals surface area contributed by atoms with Crippen LogP contribution in [0.2, 0.25) is 15.8 Å². The van der Waals surface area contributed by atoms with Crippen molar-refractivity contribution in [3.63, 3.8) is 0 Å². The Morgan fingerprint density at radius 2 is 0.442 bits per heavy atom. The van der Waals surface area contributed by atoms with E-state index in [4.69, 9.17) is 0 Å². The SMILES string of the molecule is CC([CH2][Al]([CH2]C(C)c1c(F)c(F)c(F)c(F)c1F)[CH2]C(C)c1c(F)c(F)c(F)c(F)c1F)c1c(F)c(F)c(F)c(F)c1F. The van der Waals surface area contributed by atoms with Crippen molar-refractivity contribution in [1.29, 1.82) is 0 Å². The normalized spacial score (nSPS) is 13.8. The molecule has 0 amide bonds. The molecule has 16 heteroatoms. The zero-order chi connectivity index (χ0) is 32.8. The van der Waals surface area contributed by atoms with Crippen LogP contribution in [0.1, 0.15) is 55.2 Å². The lowest BCUT2D eigenvalue weighted by Gasteiger charge is -2.25. The van der Waals surface area contributed by atoms with E-state index in [-0.39, 0.29) is 0 Å². The Kier molecular flexibility index (Phi) is 10.5. The van der Waals surface area contributed by atoms with E-state index in [0.29, 0.717) is 0 Å². The summed E-state index contributed by atoms with van der Waals surface area (Å²) in [5.74, 6) is -39.3. The highest BCUT2D eigenvalue weighted by molar-refractivity contribution is 6.59. The van der Waals surface area contributed by atoms with Gasteiger partial charge >= 0.3 is 0 Å². The molecule has 3 atom stereocenters. The van der Waals surface area contributed by atoms with Gasteiger partial charge in [0.05, 0.1) is 0 Å². The maximum Gasteiger partial charge on any atom is 0.263 e. The summed E-state index contributed by atoms with van der Waals surface area (Å²) in [7, 11) is 0. The van der Waals surface area contributed by atoms with Gasteiger partial charge in [-0.15, -0.1) is 0 Å². The Labute approximate surface area is 238 Å². The minimum Gasteiger partial charge on any atom is -0.203 e. The highest BCUT2D eigenvalue weighted by atomic mass is 27.2. The van der Waals surface area contributed by atoms with Crippen LogP contribution >= 0.6 is 0 Å². The van der Waals surface area contributed by atoms with Gasteiger partial charge in [0.25, 0.3) is 14.1 Å². The van der Waals surface area contributed by atoms with Crippen LogP contribution in [0.15, 0.2) is 0 Å². The molecule has 0 aromatic heterocycles. The summed E-state index contributed by atoms with van der Waals surface area (Å²) in [6.07, 6.45) is 0. The summed E-state index contributed by atoms with van der Waals surface area (Å²) in [6.45, 7) is 2.93. The van der Waals surface area contributed by atoms with Crippen LogP contribution in [0.25, 0.3) is 0 Å². The van der Waals surface area contributed by atoms with Crippen molar-refractivity contribution in [3.05, 3.63) is 104 Å². The maximum absolute atomic E-state index is 14.5. The van der Waals surface area contributed by atoms with Gasteiger partial charge in [-0.3, -0.25) is 0 Å². The number of hydrogen-bond donors (Lipinski definition) is 0. The molecule has 0 N–H and O–H groups in total. The monoisotopic (exact) mass is 654 g/mol. The zero-order valence-corrected chi connectivity index (χ0v) is 23.3. The predicted molar refractivity (Wildman–Crippen MR) is 124 cm³/mol. The van der Waals surface area contributed by atoms with Gasteiger partial charge in [0.2, 0.25) is 17.5 Å². The smallest absolute Gasteiger partial charge is 0.203 e. The second-order valence-electron chi connectivity index (χ2n) is 10.2. The molecule has 0 nitrogen and oxygen atoms in total. The van der Waals surface area contributed by atoms with Crippen molar-refractivity contribution in [2.24, 2.45) is 0 Å². The van der Waals surface area contributed by atoms with Gasteiger partial charge in [0, 0.05) is 16.7 Å². The third kappa shape index (κ3) is 6.22. The third-order valence-electron chi connectivity index (χ3n) is 7.27. The molecule has 0 aliphatic rings. The number of hydrogen-bond acceptors (Lipinski definition) is 0. The Balaban J connectivity index is 2.10. The average Bonchev–Trinajstić information content (AvgIpc) is 2.95. The van der Waals surface area contributed by atoms with Crippen molar-refractivity contribution in [3.8, 4) is 0 Å². The lowest BCUT2D eigenvalue weighted by atomic mass is 10.00. The summed E-state index contributed by atoms with van der Waals surface area (Å²) in [6, 6.07) is 0. The van der Waals surface area contributed by atoms with E-state index in [0.717, 1.165) is 20.8 Å². The largest absolute Gasteiger partial charge is 0.263 e.